The Morgan fingerprint density at radius 1 is 1.00 bits per heavy atom. The minimum absolute atomic E-state index is 0.0714. The van der Waals surface area contributed by atoms with E-state index in [1.54, 1.807) is 13.0 Å². The number of ether oxygens (including phenoxy) is 4. The molecule has 2 aromatic rings. The summed E-state index contributed by atoms with van der Waals surface area (Å²) >= 11 is 0. The lowest BCUT2D eigenvalue weighted by molar-refractivity contribution is -0.0498. The van der Waals surface area contributed by atoms with Gasteiger partial charge >= 0.3 is 12.6 Å². The number of ketones is 1. The highest BCUT2D eigenvalue weighted by molar-refractivity contribution is 6.01. The Labute approximate surface area is 161 Å². The highest BCUT2D eigenvalue weighted by Gasteiger charge is 2.21. The van der Waals surface area contributed by atoms with Crippen LogP contribution in [0.2, 0.25) is 0 Å². The van der Waals surface area contributed by atoms with Gasteiger partial charge in [-0.25, -0.2) is 4.79 Å². The van der Waals surface area contributed by atoms with E-state index in [2.05, 4.69) is 4.74 Å². The molecule has 28 heavy (non-hydrogen) atoms. The van der Waals surface area contributed by atoms with Gasteiger partial charge in [0.2, 0.25) is 5.78 Å². The third-order valence-electron chi connectivity index (χ3n) is 3.72. The van der Waals surface area contributed by atoms with Crippen molar-refractivity contribution in [3.05, 3.63) is 53.6 Å². The molecule has 0 fully saturated rings. The molecule has 2 aromatic carbocycles. The van der Waals surface area contributed by atoms with Crippen LogP contribution in [-0.2, 0) is 4.74 Å². The highest BCUT2D eigenvalue weighted by Crippen LogP contribution is 2.28. The fourth-order valence-corrected chi connectivity index (χ4v) is 2.39. The highest BCUT2D eigenvalue weighted by atomic mass is 19.3. The van der Waals surface area contributed by atoms with Gasteiger partial charge in [-0.05, 0) is 56.3 Å². The average Bonchev–Trinajstić information content (AvgIpc) is 2.67. The summed E-state index contributed by atoms with van der Waals surface area (Å²) < 4.78 is 44.4. The third kappa shape index (κ3) is 5.42. The Kier molecular flexibility index (Phi) is 7.31. The van der Waals surface area contributed by atoms with Crippen LogP contribution < -0.4 is 14.2 Å². The molecule has 0 saturated heterocycles. The summed E-state index contributed by atoms with van der Waals surface area (Å²) in [6, 6.07) is 9.67. The summed E-state index contributed by atoms with van der Waals surface area (Å²) in [6.45, 7) is 0.654. The second kappa shape index (κ2) is 9.68. The maximum atomic E-state index is 12.4. The number of carbonyl (C=O) groups excluding carboxylic acids is 2. The SMILES string of the molecule is CCOc1cc(C(=O)O[C@H](C)C(=O)c2ccc(OC(F)F)cc2)ccc1OC. The average molecular weight is 394 g/mol. The monoisotopic (exact) mass is 394 g/mol. The van der Waals surface area contributed by atoms with E-state index in [4.69, 9.17) is 14.2 Å². The van der Waals surface area contributed by atoms with Crippen molar-refractivity contribution >= 4 is 11.8 Å². The van der Waals surface area contributed by atoms with Crippen LogP contribution in [0.3, 0.4) is 0 Å². The van der Waals surface area contributed by atoms with Gasteiger partial charge in [0.15, 0.2) is 17.6 Å². The first kappa shape index (κ1) is 21.1. The molecule has 2 rings (SSSR count). The van der Waals surface area contributed by atoms with Crippen LogP contribution >= 0.6 is 0 Å². The zero-order valence-corrected chi connectivity index (χ0v) is 15.6. The lowest BCUT2D eigenvalue weighted by Crippen LogP contribution is -2.24. The number of rotatable bonds is 9. The lowest BCUT2D eigenvalue weighted by atomic mass is 10.1. The van der Waals surface area contributed by atoms with E-state index in [-0.39, 0.29) is 16.9 Å². The molecule has 0 heterocycles. The van der Waals surface area contributed by atoms with Gasteiger partial charge in [0.05, 0.1) is 19.3 Å². The van der Waals surface area contributed by atoms with Crippen LogP contribution in [0.25, 0.3) is 0 Å². The molecule has 0 aromatic heterocycles. The third-order valence-corrected chi connectivity index (χ3v) is 3.72. The number of carbonyl (C=O) groups is 2. The van der Waals surface area contributed by atoms with Crippen LogP contribution in [0, 0.1) is 0 Å². The molecule has 8 heteroatoms. The van der Waals surface area contributed by atoms with Gasteiger partial charge in [-0.15, -0.1) is 0 Å². The van der Waals surface area contributed by atoms with Gasteiger partial charge in [0.25, 0.3) is 0 Å². The Morgan fingerprint density at radius 3 is 2.21 bits per heavy atom. The summed E-state index contributed by atoms with van der Waals surface area (Å²) in [6.07, 6.45) is -1.08. The van der Waals surface area contributed by atoms with Gasteiger partial charge < -0.3 is 18.9 Å². The van der Waals surface area contributed by atoms with E-state index in [9.17, 15) is 18.4 Å². The van der Waals surface area contributed by atoms with Crippen LogP contribution in [-0.4, -0.2) is 38.2 Å². The first-order valence-electron chi connectivity index (χ1n) is 8.46. The van der Waals surface area contributed by atoms with Gasteiger partial charge in [-0.2, -0.15) is 8.78 Å². The molecule has 0 aliphatic carbocycles. The summed E-state index contributed by atoms with van der Waals surface area (Å²) in [4.78, 5) is 24.8. The van der Waals surface area contributed by atoms with Crippen molar-refractivity contribution in [3.63, 3.8) is 0 Å². The van der Waals surface area contributed by atoms with Crippen LogP contribution in [0.15, 0.2) is 42.5 Å². The van der Waals surface area contributed by atoms with Crippen LogP contribution in [0.1, 0.15) is 34.6 Å². The van der Waals surface area contributed by atoms with Crippen LogP contribution in [0.4, 0.5) is 8.78 Å². The zero-order valence-electron chi connectivity index (χ0n) is 15.6. The predicted octanol–water partition coefficient (Wildman–Crippen LogP) is 4.12. The number of methoxy groups -OCH3 is 1. The van der Waals surface area contributed by atoms with Crippen molar-refractivity contribution < 1.29 is 37.3 Å². The molecule has 6 nitrogen and oxygen atoms in total. The fraction of sp³-hybridized carbons (Fsp3) is 0.300. The molecule has 0 aliphatic heterocycles. The predicted molar refractivity (Wildman–Crippen MR) is 96.4 cm³/mol. The van der Waals surface area contributed by atoms with E-state index >= 15 is 0 Å². The largest absolute Gasteiger partial charge is 0.493 e. The number of Topliss-reactive ketones (excluding diaryl/α,β-unsaturated/α-hetero) is 1. The number of hydrogen-bond acceptors (Lipinski definition) is 6. The summed E-state index contributed by atoms with van der Waals surface area (Å²) in [5.74, 6) is -0.405. The molecular formula is C20H20F2O6. The molecule has 0 spiro atoms. The number of halogens is 2. The minimum atomic E-state index is -2.95. The van der Waals surface area contributed by atoms with Crippen molar-refractivity contribution in [1.82, 2.24) is 0 Å². The molecule has 0 N–H and O–H groups in total. The van der Waals surface area contributed by atoms with Crippen molar-refractivity contribution in [1.29, 1.82) is 0 Å². The standard InChI is InChI=1S/C20H20F2O6/c1-4-26-17-11-14(7-10-16(17)25-3)19(24)27-12(2)18(23)13-5-8-15(9-6-13)28-20(21)22/h5-12,20H,4H2,1-3H3/t12-/m1/s1. The van der Waals surface area contributed by atoms with E-state index < -0.39 is 24.5 Å². The van der Waals surface area contributed by atoms with Crippen molar-refractivity contribution in [2.45, 2.75) is 26.6 Å². The molecule has 0 radical (unpaired) electrons. The second-order valence-electron chi connectivity index (χ2n) is 5.61. The topological polar surface area (TPSA) is 71.1 Å². The summed E-state index contributed by atoms with van der Waals surface area (Å²) in [7, 11) is 1.48. The normalized spacial score (nSPS) is 11.6. The first-order valence-corrected chi connectivity index (χ1v) is 8.46. The Bertz CT molecular complexity index is 820. The molecule has 0 amide bonds. The van der Waals surface area contributed by atoms with Crippen LogP contribution in [0.5, 0.6) is 17.2 Å². The number of alkyl halides is 2. The molecule has 0 bridgehead atoms. The van der Waals surface area contributed by atoms with E-state index in [1.165, 1.54) is 50.4 Å². The van der Waals surface area contributed by atoms with Crippen molar-refractivity contribution in [2.24, 2.45) is 0 Å². The first-order chi connectivity index (χ1) is 13.3. The number of benzene rings is 2. The molecule has 0 saturated carbocycles. The van der Waals surface area contributed by atoms with Gasteiger partial charge in [-0.1, -0.05) is 0 Å². The maximum Gasteiger partial charge on any atom is 0.387 e. The maximum absolute atomic E-state index is 12.4. The zero-order chi connectivity index (χ0) is 20.7. The smallest absolute Gasteiger partial charge is 0.387 e. The molecule has 0 aliphatic rings. The Hall–Kier alpha value is -3.16. The number of hydrogen-bond donors (Lipinski definition) is 0. The quantitative estimate of drug-likeness (QED) is 0.471. The van der Waals surface area contributed by atoms with Crippen molar-refractivity contribution in [3.8, 4) is 17.2 Å². The fourth-order valence-electron chi connectivity index (χ4n) is 2.39. The molecular weight excluding hydrogens is 374 g/mol. The van der Waals surface area contributed by atoms with Gasteiger partial charge in [-0.3, -0.25) is 4.79 Å². The van der Waals surface area contributed by atoms with Gasteiger partial charge in [0, 0.05) is 5.56 Å². The van der Waals surface area contributed by atoms with E-state index in [1.807, 2.05) is 0 Å². The molecule has 150 valence electrons. The Morgan fingerprint density at radius 2 is 1.64 bits per heavy atom. The van der Waals surface area contributed by atoms with E-state index in [0.29, 0.717) is 18.1 Å². The second-order valence-corrected chi connectivity index (χ2v) is 5.61. The molecule has 0 unspecified atom stereocenters. The summed E-state index contributed by atoms with van der Waals surface area (Å²) in [5.41, 5.74) is 0.399. The van der Waals surface area contributed by atoms with Gasteiger partial charge in [0.1, 0.15) is 5.75 Å². The Balaban J connectivity index is 2.07. The summed E-state index contributed by atoms with van der Waals surface area (Å²) in [5, 5.41) is 0. The van der Waals surface area contributed by atoms with E-state index in [0.717, 1.165) is 0 Å². The lowest BCUT2D eigenvalue weighted by Gasteiger charge is -2.14. The molecule has 1 atom stereocenters. The van der Waals surface area contributed by atoms with Crippen molar-refractivity contribution in [2.75, 3.05) is 13.7 Å². The minimum Gasteiger partial charge on any atom is -0.493 e. The number of esters is 1.